The van der Waals surface area contributed by atoms with Crippen LogP contribution in [0.2, 0.25) is 10.0 Å². The molecule has 0 aliphatic carbocycles. The van der Waals surface area contributed by atoms with Gasteiger partial charge in [0.05, 0.1) is 11.6 Å². The molecule has 0 unspecified atom stereocenters. The SMILES string of the molecule is CC1(C)[C@@H](c2cccc(OC(F)F)c2)N(c2ccc(Cl)cc2)C(=O)N1c1ccc(Cl)cc1. The lowest BCUT2D eigenvalue weighted by molar-refractivity contribution is -0.0499. The van der Waals surface area contributed by atoms with E-state index in [2.05, 4.69) is 4.74 Å². The lowest BCUT2D eigenvalue weighted by atomic mass is 9.87. The highest BCUT2D eigenvalue weighted by molar-refractivity contribution is 6.31. The minimum absolute atomic E-state index is 0.0294. The molecule has 1 atom stereocenters. The van der Waals surface area contributed by atoms with Crippen molar-refractivity contribution in [2.24, 2.45) is 0 Å². The Hall–Kier alpha value is -2.83. The van der Waals surface area contributed by atoms with Crippen LogP contribution in [0.15, 0.2) is 72.8 Å². The fourth-order valence-corrected chi connectivity index (χ4v) is 4.47. The van der Waals surface area contributed by atoms with Gasteiger partial charge in [-0.15, -0.1) is 0 Å². The van der Waals surface area contributed by atoms with Crippen molar-refractivity contribution >= 4 is 40.6 Å². The van der Waals surface area contributed by atoms with Gasteiger partial charge < -0.3 is 4.74 Å². The summed E-state index contributed by atoms with van der Waals surface area (Å²) in [6, 6.07) is 19.6. The largest absolute Gasteiger partial charge is 0.435 e. The molecule has 1 aliphatic heterocycles. The van der Waals surface area contributed by atoms with Crippen molar-refractivity contribution in [1.29, 1.82) is 0 Å². The van der Waals surface area contributed by atoms with Crippen molar-refractivity contribution < 1.29 is 18.3 Å². The van der Waals surface area contributed by atoms with Gasteiger partial charge in [0.2, 0.25) is 0 Å². The maximum Gasteiger partial charge on any atom is 0.387 e. The molecule has 3 aromatic carbocycles. The molecule has 1 heterocycles. The monoisotopic (exact) mass is 476 g/mol. The van der Waals surface area contributed by atoms with Gasteiger partial charge in [0.25, 0.3) is 0 Å². The predicted octanol–water partition coefficient (Wildman–Crippen LogP) is 7.56. The molecular weight excluding hydrogens is 457 g/mol. The quantitative estimate of drug-likeness (QED) is 0.380. The molecule has 8 heteroatoms. The number of nitrogens with zero attached hydrogens (tertiary/aromatic N) is 2. The van der Waals surface area contributed by atoms with E-state index in [1.54, 1.807) is 76.5 Å². The second kappa shape index (κ2) is 8.60. The third-order valence-corrected chi connectivity index (χ3v) is 5.99. The molecule has 1 saturated heterocycles. The molecule has 4 rings (SSSR count). The van der Waals surface area contributed by atoms with Crippen molar-refractivity contribution in [1.82, 2.24) is 0 Å². The van der Waals surface area contributed by atoms with E-state index in [1.165, 1.54) is 6.07 Å². The van der Waals surface area contributed by atoms with E-state index >= 15 is 0 Å². The van der Waals surface area contributed by atoms with Crippen LogP contribution in [0.1, 0.15) is 25.5 Å². The predicted molar refractivity (Wildman–Crippen MR) is 123 cm³/mol. The molecule has 0 aromatic heterocycles. The van der Waals surface area contributed by atoms with Gasteiger partial charge in [0.1, 0.15) is 5.75 Å². The molecule has 32 heavy (non-hydrogen) atoms. The highest BCUT2D eigenvalue weighted by Gasteiger charge is 2.53. The number of urea groups is 1. The fourth-order valence-electron chi connectivity index (χ4n) is 4.22. The Labute approximate surface area is 194 Å². The van der Waals surface area contributed by atoms with Crippen LogP contribution < -0.4 is 14.5 Å². The zero-order valence-corrected chi connectivity index (χ0v) is 18.8. The van der Waals surface area contributed by atoms with Crippen LogP contribution >= 0.6 is 23.2 Å². The van der Waals surface area contributed by atoms with Gasteiger partial charge in [0.15, 0.2) is 0 Å². The number of ether oxygens (including phenoxy) is 1. The number of rotatable bonds is 5. The Balaban J connectivity index is 1.86. The lowest BCUT2D eigenvalue weighted by Crippen LogP contribution is -2.43. The van der Waals surface area contributed by atoms with Gasteiger partial charge in [0, 0.05) is 21.4 Å². The van der Waals surface area contributed by atoms with Gasteiger partial charge in [-0.25, -0.2) is 4.79 Å². The summed E-state index contributed by atoms with van der Waals surface area (Å²) < 4.78 is 30.2. The Kier molecular flexibility index (Phi) is 6.01. The summed E-state index contributed by atoms with van der Waals surface area (Å²) >= 11 is 12.1. The van der Waals surface area contributed by atoms with Gasteiger partial charge in [-0.2, -0.15) is 8.78 Å². The molecule has 0 N–H and O–H groups in total. The molecule has 1 aliphatic rings. The van der Waals surface area contributed by atoms with E-state index in [1.807, 2.05) is 13.8 Å². The van der Waals surface area contributed by atoms with Gasteiger partial charge in [-0.05, 0) is 80.1 Å². The second-order valence-corrected chi connectivity index (χ2v) is 8.82. The number of hydrogen-bond donors (Lipinski definition) is 0. The molecule has 1 fully saturated rings. The first-order valence-corrected chi connectivity index (χ1v) is 10.6. The normalized spacial score (nSPS) is 17.8. The van der Waals surface area contributed by atoms with Crippen LogP contribution in [-0.4, -0.2) is 18.2 Å². The number of amides is 2. The van der Waals surface area contributed by atoms with E-state index in [4.69, 9.17) is 23.2 Å². The minimum Gasteiger partial charge on any atom is -0.435 e. The van der Waals surface area contributed by atoms with Crippen molar-refractivity contribution in [3.63, 3.8) is 0 Å². The zero-order valence-electron chi connectivity index (χ0n) is 17.3. The summed E-state index contributed by atoms with van der Waals surface area (Å²) in [7, 11) is 0. The maximum atomic E-state index is 13.8. The third kappa shape index (κ3) is 4.12. The number of benzene rings is 3. The topological polar surface area (TPSA) is 32.8 Å². The minimum atomic E-state index is -2.94. The van der Waals surface area contributed by atoms with Crippen LogP contribution in [0.3, 0.4) is 0 Å². The zero-order chi connectivity index (χ0) is 23.0. The first-order chi connectivity index (χ1) is 15.2. The number of carbonyl (C=O) groups excluding carboxylic acids is 1. The highest BCUT2D eigenvalue weighted by atomic mass is 35.5. The Morgan fingerprint density at radius 1 is 0.906 bits per heavy atom. The Morgan fingerprint density at radius 2 is 1.47 bits per heavy atom. The first kappa shape index (κ1) is 22.4. The van der Waals surface area contributed by atoms with Crippen molar-refractivity contribution in [2.45, 2.75) is 32.0 Å². The fraction of sp³-hybridized carbons (Fsp3) is 0.208. The highest BCUT2D eigenvalue weighted by Crippen LogP contribution is 2.48. The number of alkyl halides is 2. The average Bonchev–Trinajstić information content (AvgIpc) is 2.94. The molecule has 0 spiro atoms. The summed E-state index contributed by atoms with van der Waals surface area (Å²) in [5.74, 6) is 0.0294. The summed E-state index contributed by atoms with van der Waals surface area (Å²) in [6.45, 7) is 0.919. The maximum absolute atomic E-state index is 13.8. The van der Waals surface area contributed by atoms with E-state index in [-0.39, 0.29) is 11.8 Å². The molecule has 0 radical (unpaired) electrons. The van der Waals surface area contributed by atoms with Crippen LogP contribution in [0.5, 0.6) is 5.75 Å². The number of hydrogen-bond acceptors (Lipinski definition) is 2. The first-order valence-electron chi connectivity index (χ1n) is 9.88. The van der Waals surface area contributed by atoms with Crippen molar-refractivity contribution in [3.05, 3.63) is 88.4 Å². The summed E-state index contributed by atoms with van der Waals surface area (Å²) in [5, 5.41) is 1.10. The summed E-state index contributed by atoms with van der Waals surface area (Å²) in [4.78, 5) is 17.1. The van der Waals surface area contributed by atoms with Crippen molar-refractivity contribution in [3.8, 4) is 5.75 Å². The number of halogens is 4. The Bertz CT molecular complexity index is 1120. The van der Waals surface area contributed by atoms with Gasteiger partial charge in [-0.1, -0.05) is 35.3 Å². The standard InChI is InChI=1S/C24H20Cl2F2N2O2/c1-24(2)21(15-4-3-5-20(14-15)32-22(27)28)29(18-10-6-16(25)7-11-18)23(31)30(24)19-12-8-17(26)9-13-19/h3-14,21-22H,1-2H3/t21-/m1/s1. The van der Waals surface area contributed by atoms with Gasteiger partial charge >= 0.3 is 12.6 Å². The second-order valence-electron chi connectivity index (χ2n) is 7.95. The van der Waals surface area contributed by atoms with E-state index < -0.39 is 18.2 Å². The molecular formula is C24H20Cl2F2N2O2. The Morgan fingerprint density at radius 3 is 2.03 bits per heavy atom. The molecule has 2 amide bonds. The lowest BCUT2D eigenvalue weighted by Gasteiger charge is -2.35. The van der Waals surface area contributed by atoms with Gasteiger partial charge in [-0.3, -0.25) is 9.80 Å². The number of anilines is 2. The van der Waals surface area contributed by atoms with E-state index in [0.717, 1.165) is 0 Å². The van der Waals surface area contributed by atoms with E-state index in [9.17, 15) is 13.6 Å². The molecule has 3 aromatic rings. The summed E-state index contributed by atoms with van der Waals surface area (Å²) in [6.07, 6.45) is 0. The van der Waals surface area contributed by atoms with Crippen LogP contribution in [0, 0.1) is 0 Å². The molecule has 4 nitrogen and oxygen atoms in total. The summed E-state index contributed by atoms with van der Waals surface area (Å²) in [5.41, 5.74) is 1.21. The molecule has 0 saturated carbocycles. The smallest absolute Gasteiger partial charge is 0.387 e. The average molecular weight is 477 g/mol. The van der Waals surface area contributed by atoms with Crippen molar-refractivity contribution in [2.75, 3.05) is 9.80 Å². The molecule has 166 valence electrons. The van der Waals surface area contributed by atoms with Crippen LogP contribution in [0.25, 0.3) is 0 Å². The van der Waals surface area contributed by atoms with Crippen LogP contribution in [0.4, 0.5) is 25.0 Å². The van der Waals surface area contributed by atoms with E-state index in [0.29, 0.717) is 27.0 Å². The molecule has 0 bridgehead atoms. The van der Waals surface area contributed by atoms with Crippen LogP contribution in [-0.2, 0) is 0 Å². The number of carbonyl (C=O) groups is 1. The third-order valence-electron chi connectivity index (χ3n) is 5.49.